The predicted octanol–water partition coefficient (Wildman–Crippen LogP) is 2.83. The monoisotopic (exact) mass is 454 g/mol. The van der Waals surface area contributed by atoms with Crippen LogP contribution in [0.25, 0.3) is 0 Å². The molecule has 2 unspecified atom stereocenters. The molecule has 2 amide bonds. The van der Waals surface area contributed by atoms with E-state index in [2.05, 4.69) is 12.3 Å². The minimum atomic E-state index is -0.826. The van der Waals surface area contributed by atoms with Crippen molar-refractivity contribution in [3.8, 4) is 0 Å². The standard InChI is InChI=1S/C24H48N5O3/c1-2-3-4-5-6-7-8-9-10-17-23(31)29(21(20-30)15-11-13-18-25)28-24(32)22(27)16-12-14-19-26/h21-22H,2-19,25-27H2,1H3,(H,28,32). The van der Waals surface area contributed by atoms with Crippen LogP contribution in [-0.2, 0) is 14.4 Å². The molecule has 8 heteroatoms. The zero-order valence-corrected chi connectivity index (χ0v) is 20.3. The van der Waals surface area contributed by atoms with Gasteiger partial charge in [0.25, 0.3) is 5.91 Å². The Labute approximate surface area is 195 Å². The third-order valence-corrected chi connectivity index (χ3v) is 5.68. The number of carbonyl (C=O) groups excluding carboxylic acids is 3. The van der Waals surface area contributed by atoms with Gasteiger partial charge in [-0.2, -0.15) is 0 Å². The van der Waals surface area contributed by atoms with Crippen molar-refractivity contribution in [3.63, 3.8) is 0 Å². The first-order chi connectivity index (χ1) is 15.5. The second-order valence-electron chi connectivity index (χ2n) is 8.63. The Morgan fingerprint density at radius 2 is 1.34 bits per heavy atom. The van der Waals surface area contributed by atoms with Gasteiger partial charge in [-0.3, -0.25) is 19.8 Å². The highest BCUT2D eigenvalue weighted by Gasteiger charge is 2.27. The lowest BCUT2D eigenvalue weighted by molar-refractivity contribution is -0.143. The van der Waals surface area contributed by atoms with Crippen LogP contribution in [0.15, 0.2) is 0 Å². The molecule has 2 atom stereocenters. The molecule has 8 nitrogen and oxygen atoms in total. The van der Waals surface area contributed by atoms with E-state index in [0.29, 0.717) is 32.4 Å². The molecule has 0 aromatic heterocycles. The second kappa shape index (κ2) is 21.3. The zero-order valence-electron chi connectivity index (χ0n) is 20.3. The molecule has 0 bridgehead atoms. The van der Waals surface area contributed by atoms with E-state index < -0.39 is 18.0 Å². The first kappa shape index (κ1) is 30.5. The van der Waals surface area contributed by atoms with E-state index in [4.69, 9.17) is 17.2 Å². The molecule has 0 spiro atoms. The number of hydrazine groups is 1. The summed E-state index contributed by atoms with van der Waals surface area (Å²) in [6, 6.07) is -1.58. The van der Waals surface area contributed by atoms with Crippen molar-refractivity contribution in [2.75, 3.05) is 13.1 Å². The summed E-state index contributed by atoms with van der Waals surface area (Å²) >= 11 is 0. The molecule has 0 fully saturated rings. The van der Waals surface area contributed by atoms with Crippen molar-refractivity contribution in [2.24, 2.45) is 17.2 Å². The second-order valence-corrected chi connectivity index (χ2v) is 8.63. The van der Waals surface area contributed by atoms with Gasteiger partial charge in [-0.15, -0.1) is 0 Å². The Morgan fingerprint density at radius 3 is 1.88 bits per heavy atom. The van der Waals surface area contributed by atoms with Gasteiger partial charge in [0.15, 0.2) is 0 Å². The van der Waals surface area contributed by atoms with Crippen molar-refractivity contribution in [1.29, 1.82) is 0 Å². The van der Waals surface area contributed by atoms with E-state index in [1.807, 2.05) is 6.29 Å². The number of nitrogens with zero attached hydrogens (tertiary/aromatic N) is 1. The predicted molar refractivity (Wildman–Crippen MR) is 130 cm³/mol. The van der Waals surface area contributed by atoms with Crippen LogP contribution in [0.2, 0.25) is 0 Å². The summed E-state index contributed by atoms with van der Waals surface area (Å²) < 4.78 is 0. The Bertz CT molecular complexity index is 490. The topological polar surface area (TPSA) is 145 Å². The first-order valence-corrected chi connectivity index (χ1v) is 12.7. The molecular weight excluding hydrogens is 406 g/mol. The molecule has 0 saturated heterocycles. The minimum Gasteiger partial charge on any atom is -0.330 e. The molecule has 0 aliphatic rings. The highest BCUT2D eigenvalue weighted by Crippen LogP contribution is 2.13. The summed E-state index contributed by atoms with van der Waals surface area (Å²) in [5.41, 5.74) is 19.6. The fourth-order valence-corrected chi connectivity index (χ4v) is 3.59. The first-order valence-electron chi connectivity index (χ1n) is 12.7. The fourth-order valence-electron chi connectivity index (χ4n) is 3.59. The molecule has 0 aliphatic carbocycles. The molecule has 32 heavy (non-hydrogen) atoms. The molecule has 0 aromatic carbocycles. The highest BCUT2D eigenvalue weighted by molar-refractivity contribution is 5.86. The van der Waals surface area contributed by atoms with Crippen molar-refractivity contribution >= 4 is 18.1 Å². The SMILES string of the molecule is CCCCCCCCCCCC(=O)N(NC(=O)C(N)CCCCN)C([C]=O)CCCCN. The summed E-state index contributed by atoms with van der Waals surface area (Å²) in [6.45, 7) is 3.26. The van der Waals surface area contributed by atoms with Gasteiger partial charge in [-0.25, -0.2) is 5.01 Å². The average Bonchev–Trinajstić information content (AvgIpc) is 2.79. The third kappa shape index (κ3) is 15.3. The van der Waals surface area contributed by atoms with E-state index in [0.717, 1.165) is 43.5 Å². The van der Waals surface area contributed by atoms with E-state index >= 15 is 0 Å². The number of carbonyl (C=O) groups is 2. The Morgan fingerprint density at radius 1 is 0.812 bits per heavy atom. The molecule has 187 valence electrons. The number of hydrogen-bond acceptors (Lipinski definition) is 6. The van der Waals surface area contributed by atoms with Gasteiger partial charge in [0, 0.05) is 6.42 Å². The van der Waals surface area contributed by atoms with E-state index in [1.165, 1.54) is 38.5 Å². The summed E-state index contributed by atoms with van der Waals surface area (Å²) in [7, 11) is 0. The Hall–Kier alpha value is -1.51. The van der Waals surface area contributed by atoms with Crippen LogP contribution in [-0.4, -0.2) is 48.3 Å². The largest absolute Gasteiger partial charge is 0.330 e. The van der Waals surface area contributed by atoms with Gasteiger partial charge in [0.1, 0.15) is 6.04 Å². The maximum Gasteiger partial charge on any atom is 0.255 e. The summed E-state index contributed by atoms with van der Waals surface area (Å²) in [4.78, 5) is 37.0. The maximum absolute atomic E-state index is 12.9. The molecule has 0 rings (SSSR count). The smallest absolute Gasteiger partial charge is 0.255 e. The van der Waals surface area contributed by atoms with E-state index in [1.54, 1.807) is 0 Å². The lowest BCUT2D eigenvalue weighted by Crippen LogP contribution is -2.56. The molecule has 0 aromatic rings. The quantitative estimate of drug-likeness (QED) is 0.155. The zero-order chi connectivity index (χ0) is 24.0. The normalized spacial score (nSPS) is 12.9. The molecule has 0 heterocycles. The minimum absolute atomic E-state index is 0.267. The molecule has 1 radical (unpaired) electrons. The molecule has 0 aliphatic heterocycles. The number of hydrogen-bond donors (Lipinski definition) is 4. The molecule has 0 saturated carbocycles. The van der Waals surface area contributed by atoms with Crippen molar-refractivity contribution in [2.45, 2.75) is 122 Å². The average molecular weight is 455 g/mol. The number of amides is 2. The van der Waals surface area contributed by atoms with Crippen LogP contribution in [0.5, 0.6) is 0 Å². The van der Waals surface area contributed by atoms with Gasteiger partial charge in [0.2, 0.25) is 12.2 Å². The van der Waals surface area contributed by atoms with Gasteiger partial charge in [0.05, 0.1) is 6.04 Å². The summed E-state index contributed by atoms with van der Waals surface area (Å²) in [5.74, 6) is -0.724. The summed E-state index contributed by atoms with van der Waals surface area (Å²) in [6.07, 6.45) is 16.4. The van der Waals surface area contributed by atoms with Gasteiger partial charge < -0.3 is 17.2 Å². The van der Waals surface area contributed by atoms with Gasteiger partial charge in [-0.1, -0.05) is 64.7 Å². The summed E-state index contributed by atoms with van der Waals surface area (Å²) in [5, 5.41) is 1.15. The van der Waals surface area contributed by atoms with E-state index in [-0.39, 0.29) is 12.3 Å². The van der Waals surface area contributed by atoms with Crippen LogP contribution in [0.1, 0.15) is 110 Å². The number of nitrogens with two attached hydrogens (primary N) is 3. The van der Waals surface area contributed by atoms with E-state index in [9.17, 15) is 14.4 Å². The van der Waals surface area contributed by atoms with Gasteiger partial charge >= 0.3 is 0 Å². The van der Waals surface area contributed by atoms with Crippen LogP contribution >= 0.6 is 0 Å². The molecular formula is C24H48N5O3. The highest BCUT2D eigenvalue weighted by atomic mass is 16.2. The van der Waals surface area contributed by atoms with Crippen molar-refractivity contribution < 1.29 is 14.4 Å². The fraction of sp³-hybridized carbons (Fsp3) is 0.875. The van der Waals surface area contributed by atoms with Crippen molar-refractivity contribution in [1.82, 2.24) is 10.4 Å². The Kier molecular flexibility index (Phi) is 20.3. The van der Waals surface area contributed by atoms with Crippen LogP contribution < -0.4 is 22.6 Å². The van der Waals surface area contributed by atoms with Gasteiger partial charge in [-0.05, 0) is 51.6 Å². The number of unbranched alkanes of at least 4 members (excludes halogenated alkanes) is 10. The Balaban J connectivity index is 4.65. The lowest BCUT2D eigenvalue weighted by Gasteiger charge is -2.29. The number of nitrogens with one attached hydrogen (secondary N) is 1. The lowest BCUT2D eigenvalue weighted by atomic mass is 10.1. The molecule has 7 N–H and O–H groups in total. The number of rotatable bonds is 21. The van der Waals surface area contributed by atoms with Crippen LogP contribution in [0.4, 0.5) is 0 Å². The van der Waals surface area contributed by atoms with Crippen molar-refractivity contribution in [3.05, 3.63) is 0 Å². The maximum atomic E-state index is 12.9. The van der Waals surface area contributed by atoms with Crippen LogP contribution in [0, 0.1) is 0 Å². The van der Waals surface area contributed by atoms with Crippen LogP contribution in [0.3, 0.4) is 0 Å². The third-order valence-electron chi connectivity index (χ3n) is 5.68.